The van der Waals surface area contributed by atoms with Gasteiger partial charge in [-0.1, -0.05) is 6.92 Å². The van der Waals surface area contributed by atoms with Crippen LogP contribution in [-0.4, -0.2) is 76.3 Å². The fraction of sp³-hybridized carbons (Fsp3) is 1.00. The van der Waals surface area contributed by atoms with Crippen molar-refractivity contribution in [1.82, 2.24) is 10.2 Å². The van der Waals surface area contributed by atoms with Crippen molar-refractivity contribution in [3.63, 3.8) is 0 Å². The fourth-order valence-corrected chi connectivity index (χ4v) is 2.25. The van der Waals surface area contributed by atoms with Crippen molar-refractivity contribution in [2.45, 2.75) is 19.1 Å². The Bertz CT molecular complexity index is 210. The van der Waals surface area contributed by atoms with Gasteiger partial charge in [-0.05, 0) is 6.54 Å². The molecule has 0 bridgehead atoms. The van der Waals surface area contributed by atoms with Crippen LogP contribution in [0, 0.1) is 0 Å². The lowest BCUT2D eigenvalue weighted by atomic mass is 10.2. The molecule has 0 aromatic heterocycles. The molecule has 5 heteroatoms. The van der Waals surface area contributed by atoms with E-state index in [1.807, 2.05) is 0 Å². The maximum Gasteiger partial charge on any atom is 0.0933 e. The molecule has 5 nitrogen and oxygen atoms in total. The monoisotopic (exact) mass is 244 g/mol. The standard InChI is InChI=1S/C12H24N2O3/c1-2-14-3-4-16-11(9-14)7-13-8-12-10-15-5-6-17-12/h11-13H,2-10H2,1H3. The number of ether oxygens (including phenoxy) is 3. The summed E-state index contributed by atoms with van der Waals surface area (Å²) in [6, 6.07) is 0. The van der Waals surface area contributed by atoms with Crippen LogP contribution in [0.2, 0.25) is 0 Å². The number of likely N-dealkylation sites (N-methyl/N-ethyl adjacent to an activating group) is 1. The molecule has 2 atom stereocenters. The molecule has 1 N–H and O–H groups in total. The van der Waals surface area contributed by atoms with E-state index in [1.165, 1.54) is 0 Å². The van der Waals surface area contributed by atoms with E-state index in [-0.39, 0.29) is 6.10 Å². The van der Waals surface area contributed by atoms with Gasteiger partial charge >= 0.3 is 0 Å². The first-order chi connectivity index (χ1) is 8.38. The Kier molecular flexibility index (Phi) is 5.67. The molecular weight excluding hydrogens is 220 g/mol. The van der Waals surface area contributed by atoms with Gasteiger partial charge in [0.05, 0.1) is 38.6 Å². The third-order valence-electron chi connectivity index (χ3n) is 3.30. The number of rotatable bonds is 5. The zero-order valence-electron chi connectivity index (χ0n) is 10.7. The summed E-state index contributed by atoms with van der Waals surface area (Å²) in [6.45, 7) is 10.2. The minimum Gasteiger partial charge on any atom is -0.376 e. The van der Waals surface area contributed by atoms with Crippen LogP contribution in [0.5, 0.6) is 0 Å². The second kappa shape index (κ2) is 7.28. The fourth-order valence-electron chi connectivity index (χ4n) is 2.25. The second-order valence-corrected chi connectivity index (χ2v) is 4.61. The van der Waals surface area contributed by atoms with Gasteiger partial charge in [0.25, 0.3) is 0 Å². The number of nitrogens with one attached hydrogen (secondary N) is 1. The summed E-state index contributed by atoms with van der Waals surface area (Å²) in [5.74, 6) is 0. The van der Waals surface area contributed by atoms with Gasteiger partial charge in [-0.3, -0.25) is 4.90 Å². The normalized spacial score (nSPS) is 31.6. The minimum atomic E-state index is 0.203. The van der Waals surface area contributed by atoms with Gasteiger partial charge in [0.1, 0.15) is 0 Å². The number of nitrogens with zero attached hydrogens (tertiary/aromatic N) is 1. The average Bonchev–Trinajstić information content (AvgIpc) is 2.40. The summed E-state index contributed by atoms with van der Waals surface area (Å²) < 4.78 is 16.6. The quantitative estimate of drug-likeness (QED) is 0.720. The Balaban J connectivity index is 1.57. The summed E-state index contributed by atoms with van der Waals surface area (Å²) in [4.78, 5) is 2.43. The van der Waals surface area contributed by atoms with Crippen LogP contribution in [0.4, 0.5) is 0 Å². The first-order valence-corrected chi connectivity index (χ1v) is 6.62. The van der Waals surface area contributed by atoms with Crippen molar-refractivity contribution in [2.24, 2.45) is 0 Å². The summed E-state index contributed by atoms with van der Waals surface area (Å²) >= 11 is 0. The van der Waals surface area contributed by atoms with Crippen molar-refractivity contribution in [2.75, 3.05) is 59.2 Å². The lowest BCUT2D eigenvalue weighted by Crippen LogP contribution is -2.48. The summed E-state index contributed by atoms with van der Waals surface area (Å²) in [7, 11) is 0. The Morgan fingerprint density at radius 2 is 1.94 bits per heavy atom. The van der Waals surface area contributed by atoms with Crippen LogP contribution < -0.4 is 5.32 Å². The number of morpholine rings is 1. The molecule has 2 aliphatic rings. The van der Waals surface area contributed by atoms with Crippen LogP contribution in [-0.2, 0) is 14.2 Å². The largest absolute Gasteiger partial charge is 0.376 e. The first-order valence-electron chi connectivity index (χ1n) is 6.62. The van der Waals surface area contributed by atoms with Crippen molar-refractivity contribution >= 4 is 0 Å². The topological polar surface area (TPSA) is 43.0 Å². The van der Waals surface area contributed by atoms with Gasteiger partial charge < -0.3 is 19.5 Å². The van der Waals surface area contributed by atoms with E-state index in [0.717, 1.165) is 52.5 Å². The minimum absolute atomic E-state index is 0.203. The van der Waals surface area contributed by atoms with E-state index >= 15 is 0 Å². The maximum atomic E-state index is 5.72. The van der Waals surface area contributed by atoms with Gasteiger partial charge in [0.2, 0.25) is 0 Å². The zero-order chi connectivity index (χ0) is 11.9. The van der Waals surface area contributed by atoms with E-state index in [4.69, 9.17) is 14.2 Å². The third-order valence-corrected chi connectivity index (χ3v) is 3.30. The Morgan fingerprint density at radius 1 is 1.12 bits per heavy atom. The molecule has 100 valence electrons. The SMILES string of the molecule is CCN1CCOC(CNCC2COCCO2)C1. The van der Waals surface area contributed by atoms with Crippen molar-refractivity contribution in [3.8, 4) is 0 Å². The Labute approximate surface area is 103 Å². The predicted octanol–water partition coefficient (Wildman–Crippen LogP) is -0.288. The molecule has 17 heavy (non-hydrogen) atoms. The first kappa shape index (κ1) is 13.2. The smallest absolute Gasteiger partial charge is 0.0933 e. The van der Waals surface area contributed by atoms with E-state index in [0.29, 0.717) is 12.7 Å². The molecule has 2 unspecified atom stereocenters. The zero-order valence-corrected chi connectivity index (χ0v) is 10.7. The molecule has 2 fully saturated rings. The van der Waals surface area contributed by atoms with E-state index < -0.39 is 0 Å². The van der Waals surface area contributed by atoms with Gasteiger partial charge in [0, 0.05) is 26.2 Å². The number of hydrogen-bond donors (Lipinski definition) is 1. The van der Waals surface area contributed by atoms with E-state index in [9.17, 15) is 0 Å². The predicted molar refractivity (Wildman–Crippen MR) is 65.3 cm³/mol. The molecule has 0 radical (unpaired) electrons. The van der Waals surface area contributed by atoms with Gasteiger partial charge in [-0.15, -0.1) is 0 Å². The third kappa shape index (κ3) is 4.52. The molecule has 2 rings (SSSR count). The molecule has 0 aliphatic carbocycles. The van der Waals surface area contributed by atoms with Crippen LogP contribution in [0.15, 0.2) is 0 Å². The van der Waals surface area contributed by atoms with Crippen LogP contribution in [0.1, 0.15) is 6.92 Å². The van der Waals surface area contributed by atoms with Crippen LogP contribution in [0.3, 0.4) is 0 Å². The molecule has 2 aliphatic heterocycles. The van der Waals surface area contributed by atoms with Crippen molar-refractivity contribution in [3.05, 3.63) is 0 Å². The highest BCUT2D eigenvalue weighted by molar-refractivity contribution is 4.74. The summed E-state index contributed by atoms with van der Waals surface area (Å²) in [5.41, 5.74) is 0. The van der Waals surface area contributed by atoms with Gasteiger partial charge in [-0.25, -0.2) is 0 Å². The molecule has 2 heterocycles. The van der Waals surface area contributed by atoms with E-state index in [1.54, 1.807) is 0 Å². The van der Waals surface area contributed by atoms with E-state index in [2.05, 4.69) is 17.1 Å². The van der Waals surface area contributed by atoms with Crippen LogP contribution >= 0.6 is 0 Å². The highest BCUT2D eigenvalue weighted by Crippen LogP contribution is 2.04. The second-order valence-electron chi connectivity index (χ2n) is 4.61. The molecule has 0 amide bonds. The Morgan fingerprint density at radius 3 is 2.71 bits per heavy atom. The van der Waals surface area contributed by atoms with Crippen LogP contribution in [0.25, 0.3) is 0 Å². The Hall–Kier alpha value is -0.200. The van der Waals surface area contributed by atoms with Gasteiger partial charge in [0.15, 0.2) is 0 Å². The lowest BCUT2D eigenvalue weighted by molar-refractivity contribution is -0.0881. The van der Waals surface area contributed by atoms with Crippen molar-refractivity contribution in [1.29, 1.82) is 0 Å². The maximum absolute atomic E-state index is 5.72. The molecule has 0 saturated carbocycles. The average molecular weight is 244 g/mol. The molecular formula is C12H24N2O3. The summed E-state index contributed by atoms with van der Waals surface area (Å²) in [5, 5.41) is 3.41. The molecule has 0 aromatic rings. The number of hydrogen-bond acceptors (Lipinski definition) is 5. The molecule has 2 saturated heterocycles. The highest BCUT2D eigenvalue weighted by atomic mass is 16.6. The molecule has 0 aromatic carbocycles. The molecule has 0 spiro atoms. The summed E-state index contributed by atoms with van der Waals surface area (Å²) in [6.07, 6.45) is 0.517. The van der Waals surface area contributed by atoms with Crippen molar-refractivity contribution < 1.29 is 14.2 Å². The highest BCUT2D eigenvalue weighted by Gasteiger charge is 2.20. The van der Waals surface area contributed by atoms with Gasteiger partial charge in [-0.2, -0.15) is 0 Å². The lowest BCUT2D eigenvalue weighted by Gasteiger charge is -2.32.